The third-order valence-corrected chi connectivity index (χ3v) is 2.52. The summed E-state index contributed by atoms with van der Waals surface area (Å²) in [5.41, 5.74) is 0.314. The first kappa shape index (κ1) is 12.9. The largest absolute Gasteiger partial charge is 0.361 e. The van der Waals surface area contributed by atoms with Gasteiger partial charge in [0.15, 0.2) is 11.5 Å². The highest BCUT2D eigenvalue weighted by Gasteiger charge is 2.10. The van der Waals surface area contributed by atoms with Gasteiger partial charge in [-0.2, -0.15) is 0 Å². The minimum absolute atomic E-state index is 0.174. The molecule has 0 bridgehead atoms. The van der Waals surface area contributed by atoms with Crippen molar-refractivity contribution in [3.63, 3.8) is 0 Å². The first-order chi connectivity index (χ1) is 9.08. The number of carbonyl (C=O) groups excluding carboxylic acids is 1. The van der Waals surface area contributed by atoms with Crippen LogP contribution in [0.4, 0.5) is 5.82 Å². The summed E-state index contributed by atoms with van der Waals surface area (Å²) in [6.07, 6.45) is 1.63. The van der Waals surface area contributed by atoms with Crippen LogP contribution in [-0.2, 0) is 13.6 Å². The van der Waals surface area contributed by atoms with Crippen LogP contribution in [0.5, 0.6) is 0 Å². The maximum absolute atomic E-state index is 11.6. The molecule has 1 N–H and O–H groups in total. The number of aryl methyl sites for hydroxylation is 1. The number of anilines is 1. The zero-order valence-electron chi connectivity index (χ0n) is 11.0. The Morgan fingerprint density at radius 1 is 1.32 bits per heavy atom. The third kappa shape index (κ3) is 3.03. The molecule has 2 aromatic rings. The van der Waals surface area contributed by atoms with Crippen LogP contribution in [0.25, 0.3) is 0 Å². The van der Waals surface area contributed by atoms with Crippen molar-refractivity contribution in [2.24, 2.45) is 7.05 Å². The molecule has 0 aromatic carbocycles. The summed E-state index contributed by atoms with van der Waals surface area (Å²) in [5, 5.41) is 18.6. The van der Waals surface area contributed by atoms with E-state index in [9.17, 15) is 4.79 Å². The molecule has 0 spiro atoms. The fraction of sp³-hybridized carbons (Fsp3) is 0.364. The Morgan fingerprint density at radius 3 is 2.63 bits per heavy atom. The summed E-state index contributed by atoms with van der Waals surface area (Å²) in [4.78, 5) is 13.1. The molecule has 2 rings (SSSR count). The fourth-order valence-corrected chi connectivity index (χ4v) is 1.41. The second-order valence-corrected chi connectivity index (χ2v) is 4.22. The third-order valence-electron chi connectivity index (χ3n) is 2.52. The standard InChI is InChI=1S/C11H15N7O/c1-17(2)11(19)8-4-5-9(15-14-8)12-6-10-16-13-7-18(10)3/h4-5,7H,6H2,1-3H3,(H,12,15). The Balaban J connectivity index is 1.99. The van der Waals surface area contributed by atoms with E-state index in [2.05, 4.69) is 25.7 Å². The lowest BCUT2D eigenvalue weighted by atomic mass is 10.3. The Morgan fingerprint density at radius 2 is 2.11 bits per heavy atom. The summed E-state index contributed by atoms with van der Waals surface area (Å²) >= 11 is 0. The normalized spacial score (nSPS) is 10.3. The Kier molecular flexibility index (Phi) is 3.69. The van der Waals surface area contributed by atoms with E-state index in [0.29, 0.717) is 18.1 Å². The van der Waals surface area contributed by atoms with Crippen molar-refractivity contribution in [2.45, 2.75) is 6.54 Å². The summed E-state index contributed by atoms with van der Waals surface area (Å²) in [6, 6.07) is 3.34. The zero-order valence-corrected chi connectivity index (χ0v) is 11.0. The van der Waals surface area contributed by atoms with Crippen molar-refractivity contribution < 1.29 is 4.79 Å². The highest BCUT2D eigenvalue weighted by atomic mass is 16.2. The maximum Gasteiger partial charge on any atom is 0.273 e. The number of nitrogens with zero attached hydrogens (tertiary/aromatic N) is 6. The molecular weight excluding hydrogens is 246 g/mol. The topological polar surface area (TPSA) is 88.8 Å². The number of hydrogen-bond donors (Lipinski definition) is 1. The van der Waals surface area contributed by atoms with Gasteiger partial charge in [-0.25, -0.2) is 0 Å². The van der Waals surface area contributed by atoms with E-state index in [0.717, 1.165) is 5.82 Å². The number of nitrogens with one attached hydrogen (secondary N) is 1. The van der Waals surface area contributed by atoms with Crippen LogP contribution in [0.1, 0.15) is 16.3 Å². The molecule has 0 aliphatic rings. The summed E-state index contributed by atoms with van der Waals surface area (Å²) < 4.78 is 1.81. The molecule has 8 heteroatoms. The monoisotopic (exact) mass is 261 g/mol. The van der Waals surface area contributed by atoms with E-state index in [1.807, 2.05) is 11.6 Å². The second kappa shape index (κ2) is 5.42. The lowest BCUT2D eigenvalue weighted by Crippen LogP contribution is -2.23. The van der Waals surface area contributed by atoms with Crippen LogP contribution >= 0.6 is 0 Å². The van der Waals surface area contributed by atoms with Crippen LogP contribution in [0.2, 0.25) is 0 Å². The summed E-state index contributed by atoms with van der Waals surface area (Å²) in [5.74, 6) is 1.20. The van der Waals surface area contributed by atoms with E-state index in [1.165, 1.54) is 4.90 Å². The average molecular weight is 261 g/mol. The van der Waals surface area contributed by atoms with Crippen molar-refractivity contribution in [1.82, 2.24) is 29.9 Å². The molecule has 1 amide bonds. The van der Waals surface area contributed by atoms with Gasteiger partial charge in [-0.15, -0.1) is 20.4 Å². The van der Waals surface area contributed by atoms with Crippen molar-refractivity contribution in [3.8, 4) is 0 Å². The number of hydrogen-bond acceptors (Lipinski definition) is 6. The predicted octanol–water partition coefficient (Wildman–Crippen LogP) is -0.0810. The van der Waals surface area contributed by atoms with E-state index in [1.54, 1.807) is 32.6 Å². The van der Waals surface area contributed by atoms with Crippen molar-refractivity contribution >= 4 is 11.7 Å². The molecule has 8 nitrogen and oxygen atoms in total. The van der Waals surface area contributed by atoms with E-state index < -0.39 is 0 Å². The smallest absolute Gasteiger partial charge is 0.273 e. The van der Waals surface area contributed by atoms with Gasteiger partial charge >= 0.3 is 0 Å². The van der Waals surface area contributed by atoms with Crippen LogP contribution in [0.3, 0.4) is 0 Å². The van der Waals surface area contributed by atoms with Crippen molar-refractivity contribution in [2.75, 3.05) is 19.4 Å². The summed E-state index contributed by atoms with van der Waals surface area (Å²) in [6.45, 7) is 0.492. The van der Waals surface area contributed by atoms with Crippen molar-refractivity contribution in [3.05, 3.63) is 30.0 Å². The van der Waals surface area contributed by atoms with Gasteiger partial charge in [0.05, 0.1) is 6.54 Å². The van der Waals surface area contributed by atoms with Crippen molar-refractivity contribution in [1.29, 1.82) is 0 Å². The number of aromatic nitrogens is 5. The number of rotatable bonds is 4. The molecule has 2 aromatic heterocycles. The highest BCUT2D eigenvalue weighted by molar-refractivity contribution is 5.91. The lowest BCUT2D eigenvalue weighted by Gasteiger charge is -2.09. The SMILES string of the molecule is CN(C)C(=O)c1ccc(NCc2nncn2C)nn1. The molecule has 0 saturated heterocycles. The molecular formula is C11H15N7O. The van der Waals surface area contributed by atoms with Gasteiger partial charge in [0.2, 0.25) is 0 Å². The van der Waals surface area contributed by atoms with Crippen LogP contribution in [-0.4, -0.2) is 49.9 Å². The van der Waals surface area contributed by atoms with Gasteiger partial charge < -0.3 is 14.8 Å². The van der Waals surface area contributed by atoms with Gasteiger partial charge in [0.25, 0.3) is 5.91 Å². The molecule has 0 unspecified atom stereocenters. The van der Waals surface area contributed by atoms with E-state index in [4.69, 9.17) is 0 Å². The quantitative estimate of drug-likeness (QED) is 0.828. The molecule has 0 saturated carbocycles. The lowest BCUT2D eigenvalue weighted by molar-refractivity contribution is 0.0821. The molecule has 0 fully saturated rings. The predicted molar refractivity (Wildman–Crippen MR) is 68.4 cm³/mol. The van der Waals surface area contributed by atoms with Gasteiger partial charge in [-0.3, -0.25) is 4.79 Å². The summed E-state index contributed by atoms with van der Waals surface area (Å²) in [7, 11) is 5.20. The molecule has 0 aliphatic heterocycles. The molecule has 0 radical (unpaired) electrons. The number of carbonyl (C=O) groups is 1. The Hall–Kier alpha value is -2.51. The minimum atomic E-state index is -0.174. The van der Waals surface area contributed by atoms with Gasteiger partial charge in [-0.1, -0.05) is 0 Å². The first-order valence-electron chi connectivity index (χ1n) is 5.70. The molecule has 2 heterocycles. The van der Waals surface area contributed by atoms with Gasteiger partial charge in [0.1, 0.15) is 12.1 Å². The minimum Gasteiger partial charge on any atom is -0.361 e. The first-order valence-corrected chi connectivity index (χ1v) is 5.70. The maximum atomic E-state index is 11.6. The number of amides is 1. The highest BCUT2D eigenvalue weighted by Crippen LogP contribution is 2.05. The van der Waals surface area contributed by atoms with Crippen LogP contribution < -0.4 is 5.32 Å². The van der Waals surface area contributed by atoms with E-state index in [-0.39, 0.29) is 5.91 Å². The Bertz CT molecular complexity index is 561. The fourth-order valence-electron chi connectivity index (χ4n) is 1.41. The van der Waals surface area contributed by atoms with E-state index >= 15 is 0 Å². The molecule has 0 atom stereocenters. The molecule has 19 heavy (non-hydrogen) atoms. The zero-order chi connectivity index (χ0) is 13.8. The van der Waals surface area contributed by atoms with Gasteiger partial charge in [-0.05, 0) is 12.1 Å². The van der Waals surface area contributed by atoms with Crippen LogP contribution in [0.15, 0.2) is 18.5 Å². The van der Waals surface area contributed by atoms with Gasteiger partial charge in [0, 0.05) is 21.1 Å². The average Bonchev–Trinajstić information content (AvgIpc) is 2.81. The van der Waals surface area contributed by atoms with Crippen LogP contribution in [0, 0.1) is 0 Å². The second-order valence-electron chi connectivity index (χ2n) is 4.22. The molecule has 0 aliphatic carbocycles. The molecule has 100 valence electrons. The Labute approximate surface area is 110 Å².